The van der Waals surface area contributed by atoms with E-state index in [-0.39, 0.29) is 0 Å². The number of hydrogen-bond donors (Lipinski definition) is 0. The van der Waals surface area contributed by atoms with Crippen LogP contribution in [0.15, 0.2) is 33.6 Å². The van der Waals surface area contributed by atoms with Crippen LogP contribution in [0.4, 0.5) is 0 Å². The number of nitrogens with zero attached hydrogens (tertiary/aromatic N) is 2. The molecule has 0 unspecified atom stereocenters. The standard InChI is InChI=1S/C13H14BrClN2S/c1-3-17-11(13(14)9(2)16-17)8-18-12-7-5-4-6-10(12)15/h4-7H,3,8H2,1-2H3. The van der Waals surface area contributed by atoms with Crippen LogP contribution in [0.3, 0.4) is 0 Å². The maximum Gasteiger partial charge on any atom is 0.0739 e. The molecule has 0 N–H and O–H groups in total. The third kappa shape index (κ3) is 2.92. The molecule has 2 rings (SSSR count). The number of rotatable bonds is 4. The monoisotopic (exact) mass is 344 g/mol. The first-order chi connectivity index (χ1) is 8.63. The van der Waals surface area contributed by atoms with Crippen molar-refractivity contribution in [2.75, 3.05) is 0 Å². The minimum Gasteiger partial charge on any atom is -0.268 e. The molecule has 0 fully saturated rings. The van der Waals surface area contributed by atoms with Crippen LogP contribution in [0.5, 0.6) is 0 Å². The van der Waals surface area contributed by atoms with Crippen LogP contribution in [0, 0.1) is 6.92 Å². The Hall–Kier alpha value is -0.450. The van der Waals surface area contributed by atoms with Gasteiger partial charge >= 0.3 is 0 Å². The summed E-state index contributed by atoms with van der Waals surface area (Å²) in [6.45, 7) is 4.99. The molecule has 1 aromatic heterocycles. The molecule has 18 heavy (non-hydrogen) atoms. The summed E-state index contributed by atoms with van der Waals surface area (Å²) in [5.74, 6) is 0.860. The Balaban J connectivity index is 2.18. The van der Waals surface area contributed by atoms with Crippen molar-refractivity contribution in [3.8, 4) is 0 Å². The van der Waals surface area contributed by atoms with Gasteiger partial charge in [-0.1, -0.05) is 23.7 Å². The summed E-state index contributed by atoms with van der Waals surface area (Å²) in [5, 5.41) is 5.29. The lowest BCUT2D eigenvalue weighted by Gasteiger charge is -2.06. The zero-order valence-electron chi connectivity index (χ0n) is 10.3. The molecule has 1 aromatic carbocycles. The van der Waals surface area contributed by atoms with Gasteiger partial charge in [0, 0.05) is 17.2 Å². The van der Waals surface area contributed by atoms with E-state index in [1.165, 1.54) is 5.69 Å². The molecule has 0 saturated carbocycles. The van der Waals surface area contributed by atoms with Crippen molar-refractivity contribution in [2.24, 2.45) is 0 Å². The number of aromatic nitrogens is 2. The van der Waals surface area contributed by atoms with E-state index in [1.54, 1.807) is 11.8 Å². The van der Waals surface area contributed by atoms with E-state index in [0.29, 0.717) is 0 Å². The summed E-state index contributed by atoms with van der Waals surface area (Å²) in [4.78, 5) is 1.10. The SMILES string of the molecule is CCn1nc(C)c(Br)c1CSc1ccccc1Cl. The van der Waals surface area contributed by atoms with Crippen LogP contribution in [0.2, 0.25) is 5.02 Å². The van der Waals surface area contributed by atoms with Crippen molar-refractivity contribution >= 4 is 39.3 Å². The maximum atomic E-state index is 6.15. The van der Waals surface area contributed by atoms with E-state index in [2.05, 4.69) is 28.0 Å². The van der Waals surface area contributed by atoms with Crippen LogP contribution in [-0.4, -0.2) is 9.78 Å². The molecule has 0 aliphatic carbocycles. The zero-order chi connectivity index (χ0) is 13.1. The lowest BCUT2D eigenvalue weighted by molar-refractivity contribution is 0.631. The van der Waals surface area contributed by atoms with Gasteiger partial charge in [0.25, 0.3) is 0 Å². The highest BCUT2D eigenvalue weighted by Crippen LogP contribution is 2.32. The van der Waals surface area contributed by atoms with Gasteiger partial charge in [0.1, 0.15) is 0 Å². The summed E-state index contributed by atoms with van der Waals surface area (Å²) in [7, 11) is 0. The molecular formula is C13H14BrClN2S. The van der Waals surface area contributed by atoms with E-state index < -0.39 is 0 Å². The minimum absolute atomic E-state index is 0.804. The topological polar surface area (TPSA) is 17.8 Å². The van der Waals surface area contributed by atoms with Crippen LogP contribution in [-0.2, 0) is 12.3 Å². The number of aryl methyl sites for hydroxylation is 2. The second-order valence-electron chi connectivity index (χ2n) is 3.88. The highest BCUT2D eigenvalue weighted by molar-refractivity contribution is 9.10. The molecule has 0 radical (unpaired) electrons. The third-order valence-electron chi connectivity index (χ3n) is 2.65. The van der Waals surface area contributed by atoms with Crippen molar-refractivity contribution in [1.82, 2.24) is 9.78 Å². The molecule has 5 heteroatoms. The van der Waals surface area contributed by atoms with Gasteiger partial charge in [0.15, 0.2) is 0 Å². The van der Waals surface area contributed by atoms with E-state index >= 15 is 0 Å². The molecule has 96 valence electrons. The van der Waals surface area contributed by atoms with Crippen LogP contribution in [0.1, 0.15) is 18.3 Å². The van der Waals surface area contributed by atoms with Gasteiger partial charge in [-0.15, -0.1) is 11.8 Å². The molecule has 2 aromatic rings. The second kappa shape index (κ2) is 6.13. The fraction of sp³-hybridized carbons (Fsp3) is 0.308. The molecule has 2 nitrogen and oxygen atoms in total. The number of hydrogen-bond acceptors (Lipinski definition) is 2. The summed E-state index contributed by atoms with van der Waals surface area (Å²) in [5.41, 5.74) is 2.24. The normalized spacial score (nSPS) is 10.9. The molecular weight excluding hydrogens is 332 g/mol. The van der Waals surface area contributed by atoms with Gasteiger partial charge in [-0.25, -0.2) is 0 Å². The van der Waals surface area contributed by atoms with Gasteiger partial charge in [-0.3, -0.25) is 4.68 Å². The Bertz CT molecular complexity index is 554. The quantitative estimate of drug-likeness (QED) is 0.732. The maximum absolute atomic E-state index is 6.15. The Morgan fingerprint density at radius 3 is 2.78 bits per heavy atom. The predicted molar refractivity (Wildman–Crippen MR) is 81.4 cm³/mol. The first-order valence-corrected chi connectivity index (χ1v) is 7.88. The Labute approximate surface area is 125 Å². The largest absolute Gasteiger partial charge is 0.268 e. The average molecular weight is 346 g/mol. The average Bonchev–Trinajstić information content (AvgIpc) is 2.65. The number of benzene rings is 1. The fourth-order valence-corrected chi connectivity index (χ4v) is 3.59. The Kier molecular flexibility index (Phi) is 4.76. The van der Waals surface area contributed by atoms with Crippen LogP contribution >= 0.6 is 39.3 Å². The first kappa shape index (κ1) is 14.0. The molecule has 0 atom stereocenters. The molecule has 0 bridgehead atoms. The molecule has 0 spiro atoms. The lowest BCUT2D eigenvalue weighted by Crippen LogP contribution is -2.01. The molecule has 0 aliphatic rings. The van der Waals surface area contributed by atoms with Crippen molar-refractivity contribution in [1.29, 1.82) is 0 Å². The highest BCUT2D eigenvalue weighted by atomic mass is 79.9. The van der Waals surface area contributed by atoms with Gasteiger partial charge in [-0.05, 0) is 41.9 Å². The first-order valence-electron chi connectivity index (χ1n) is 5.72. The van der Waals surface area contributed by atoms with E-state index in [4.69, 9.17) is 11.6 Å². The van der Waals surface area contributed by atoms with Crippen molar-refractivity contribution < 1.29 is 0 Å². The third-order valence-corrected chi connectivity index (χ3v) is 5.21. The zero-order valence-corrected chi connectivity index (χ0v) is 13.4. The summed E-state index contributed by atoms with van der Waals surface area (Å²) in [6, 6.07) is 7.91. The van der Waals surface area contributed by atoms with Gasteiger partial charge in [0.05, 0.1) is 20.9 Å². The van der Waals surface area contributed by atoms with Gasteiger partial charge in [-0.2, -0.15) is 5.10 Å². The minimum atomic E-state index is 0.804. The molecule has 0 saturated heterocycles. The molecule has 0 amide bonds. The van der Waals surface area contributed by atoms with Crippen molar-refractivity contribution in [3.63, 3.8) is 0 Å². The fourth-order valence-electron chi connectivity index (χ4n) is 1.71. The second-order valence-corrected chi connectivity index (χ2v) is 6.10. The van der Waals surface area contributed by atoms with Gasteiger partial charge in [0.2, 0.25) is 0 Å². The number of halogens is 2. The smallest absolute Gasteiger partial charge is 0.0739 e. The van der Waals surface area contributed by atoms with Crippen molar-refractivity contribution in [2.45, 2.75) is 31.0 Å². The van der Waals surface area contributed by atoms with Gasteiger partial charge < -0.3 is 0 Å². The van der Waals surface area contributed by atoms with E-state index in [0.717, 1.165) is 32.4 Å². The highest BCUT2D eigenvalue weighted by Gasteiger charge is 2.12. The molecule has 0 aliphatic heterocycles. The summed E-state index contributed by atoms with van der Waals surface area (Å²) >= 11 is 11.5. The predicted octanol–water partition coefficient (Wildman–Crippen LogP) is 4.92. The van der Waals surface area contributed by atoms with Crippen LogP contribution in [0.25, 0.3) is 0 Å². The van der Waals surface area contributed by atoms with Crippen LogP contribution < -0.4 is 0 Å². The van der Waals surface area contributed by atoms with Crippen molar-refractivity contribution in [3.05, 3.63) is 45.1 Å². The van der Waals surface area contributed by atoms with E-state index in [1.807, 2.05) is 35.9 Å². The molecule has 1 heterocycles. The number of thioether (sulfide) groups is 1. The summed E-state index contributed by atoms with van der Waals surface area (Å²) < 4.78 is 3.13. The van der Waals surface area contributed by atoms with E-state index in [9.17, 15) is 0 Å². The summed E-state index contributed by atoms with van der Waals surface area (Å²) in [6.07, 6.45) is 0. The Morgan fingerprint density at radius 1 is 1.39 bits per heavy atom. The lowest BCUT2D eigenvalue weighted by atomic mass is 10.4. The Morgan fingerprint density at radius 2 is 2.11 bits per heavy atom.